The molecule has 0 rings (SSSR count). The topological polar surface area (TPSA) is 58.2 Å². The second kappa shape index (κ2) is 6.95. The summed E-state index contributed by atoms with van der Waals surface area (Å²) in [6.45, 7) is 4.99. The molecule has 4 nitrogen and oxygen atoms in total. The van der Waals surface area contributed by atoms with E-state index in [1.165, 1.54) is 0 Å². The first-order chi connectivity index (χ1) is 5.31. The third kappa shape index (κ3) is 6.73. The van der Waals surface area contributed by atoms with Crippen LogP contribution in [0.5, 0.6) is 0 Å². The van der Waals surface area contributed by atoms with Crippen LogP contribution < -0.4 is 10.6 Å². The number of aldehydes is 1. The first-order valence-corrected chi connectivity index (χ1v) is 3.29. The Balaban J connectivity index is 3.21. The molecule has 1 amide bonds. The predicted molar refractivity (Wildman–Crippen MR) is 42.1 cm³/mol. The summed E-state index contributed by atoms with van der Waals surface area (Å²) in [5.74, 6) is 0. The van der Waals surface area contributed by atoms with E-state index in [-0.39, 0.29) is 0 Å². The Morgan fingerprint density at radius 1 is 1.36 bits per heavy atom. The van der Waals surface area contributed by atoms with Crippen molar-refractivity contribution in [3.63, 3.8) is 0 Å². The molecule has 0 fully saturated rings. The average Bonchev–Trinajstić information content (AvgIpc) is 2.01. The van der Waals surface area contributed by atoms with Crippen molar-refractivity contribution in [2.75, 3.05) is 19.6 Å². The standard InChI is InChI=1S/C7H12N2O2/c1-7(5-9-6-11)4-8-2-3-10/h3,6,8H,1-2,4-5H2,(H,9,11). The summed E-state index contributed by atoms with van der Waals surface area (Å²) in [5, 5.41) is 5.29. The van der Waals surface area contributed by atoms with Crippen molar-refractivity contribution in [2.24, 2.45) is 0 Å². The van der Waals surface area contributed by atoms with Gasteiger partial charge in [0, 0.05) is 13.1 Å². The highest BCUT2D eigenvalue weighted by Crippen LogP contribution is 1.81. The molecular formula is C7H12N2O2. The van der Waals surface area contributed by atoms with E-state index in [9.17, 15) is 9.59 Å². The van der Waals surface area contributed by atoms with Gasteiger partial charge >= 0.3 is 0 Å². The second-order valence-corrected chi connectivity index (χ2v) is 2.05. The molecule has 0 saturated carbocycles. The van der Waals surface area contributed by atoms with Crippen LogP contribution in [0.1, 0.15) is 0 Å². The number of carbonyl (C=O) groups excluding carboxylic acids is 2. The molecule has 0 bridgehead atoms. The lowest BCUT2D eigenvalue weighted by atomic mass is 10.3. The number of carbonyl (C=O) groups is 2. The first-order valence-electron chi connectivity index (χ1n) is 3.29. The third-order valence-corrected chi connectivity index (χ3v) is 1.04. The van der Waals surface area contributed by atoms with Crippen LogP contribution in [0, 0.1) is 0 Å². The van der Waals surface area contributed by atoms with Crippen molar-refractivity contribution in [3.05, 3.63) is 12.2 Å². The Bertz CT molecular complexity index is 145. The highest BCUT2D eigenvalue weighted by molar-refractivity contribution is 5.52. The van der Waals surface area contributed by atoms with Crippen molar-refractivity contribution >= 4 is 12.7 Å². The molecule has 11 heavy (non-hydrogen) atoms. The van der Waals surface area contributed by atoms with Crippen LogP contribution in [-0.4, -0.2) is 32.3 Å². The Morgan fingerprint density at radius 3 is 2.64 bits per heavy atom. The van der Waals surface area contributed by atoms with Crippen LogP contribution in [0.4, 0.5) is 0 Å². The maximum Gasteiger partial charge on any atom is 0.207 e. The van der Waals surface area contributed by atoms with Crippen molar-refractivity contribution in [1.82, 2.24) is 10.6 Å². The van der Waals surface area contributed by atoms with E-state index in [2.05, 4.69) is 17.2 Å². The molecule has 0 atom stereocenters. The van der Waals surface area contributed by atoms with E-state index in [0.29, 0.717) is 26.0 Å². The van der Waals surface area contributed by atoms with Crippen molar-refractivity contribution in [2.45, 2.75) is 0 Å². The molecule has 0 aliphatic heterocycles. The molecule has 0 aromatic rings. The van der Waals surface area contributed by atoms with E-state index < -0.39 is 0 Å². The summed E-state index contributed by atoms with van der Waals surface area (Å²) >= 11 is 0. The minimum Gasteiger partial charge on any atom is -0.355 e. The quantitative estimate of drug-likeness (QED) is 0.284. The maximum absolute atomic E-state index is 9.84. The highest BCUT2D eigenvalue weighted by Gasteiger charge is 1.90. The molecule has 62 valence electrons. The largest absolute Gasteiger partial charge is 0.355 e. The Labute approximate surface area is 65.7 Å². The van der Waals surface area contributed by atoms with Gasteiger partial charge in [-0.1, -0.05) is 6.58 Å². The van der Waals surface area contributed by atoms with Crippen molar-refractivity contribution in [1.29, 1.82) is 0 Å². The molecule has 0 saturated heterocycles. The van der Waals surface area contributed by atoms with Crippen LogP contribution in [-0.2, 0) is 9.59 Å². The zero-order chi connectivity index (χ0) is 8.53. The SMILES string of the molecule is C=C(CNC=O)CNCC=O. The number of rotatable bonds is 7. The van der Waals surface area contributed by atoms with Gasteiger partial charge in [-0.2, -0.15) is 0 Å². The zero-order valence-electron chi connectivity index (χ0n) is 6.30. The number of hydrogen-bond donors (Lipinski definition) is 2. The molecule has 0 aliphatic carbocycles. The highest BCUT2D eigenvalue weighted by atomic mass is 16.1. The minimum absolute atomic E-state index is 0.320. The van der Waals surface area contributed by atoms with Gasteiger partial charge in [0.1, 0.15) is 6.29 Å². The Kier molecular flexibility index (Phi) is 6.22. The average molecular weight is 156 g/mol. The van der Waals surface area contributed by atoms with Gasteiger partial charge in [-0.3, -0.25) is 4.79 Å². The first kappa shape index (κ1) is 9.84. The van der Waals surface area contributed by atoms with Gasteiger partial charge in [-0.25, -0.2) is 0 Å². The second-order valence-electron chi connectivity index (χ2n) is 2.05. The fourth-order valence-corrected chi connectivity index (χ4v) is 0.556. The van der Waals surface area contributed by atoms with E-state index in [4.69, 9.17) is 0 Å². The van der Waals surface area contributed by atoms with Gasteiger partial charge in [-0.05, 0) is 5.57 Å². The van der Waals surface area contributed by atoms with Crippen LogP contribution in [0.15, 0.2) is 12.2 Å². The summed E-state index contributed by atoms with van der Waals surface area (Å²) in [6, 6.07) is 0. The molecule has 0 spiro atoms. The lowest BCUT2D eigenvalue weighted by molar-refractivity contribution is -0.109. The third-order valence-electron chi connectivity index (χ3n) is 1.04. The molecule has 0 aromatic heterocycles. The molecule has 0 radical (unpaired) electrons. The lowest BCUT2D eigenvalue weighted by Crippen LogP contribution is -2.24. The smallest absolute Gasteiger partial charge is 0.207 e. The fourth-order valence-electron chi connectivity index (χ4n) is 0.556. The van der Waals surface area contributed by atoms with E-state index in [0.717, 1.165) is 11.9 Å². The fraction of sp³-hybridized carbons (Fsp3) is 0.429. The van der Waals surface area contributed by atoms with Gasteiger partial charge in [0.2, 0.25) is 6.41 Å². The van der Waals surface area contributed by atoms with Crippen molar-refractivity contribution in [3.8, 4) is 0 Å². The van der Waals surface area contributed by atoms with Gasteiger partial charge < -0.3 is 15.4 Å². The molecule has 2 N–H and O–H groups in total. The predicted octanol–water partition coefficient (Wildman–Crippen LogP) is -0.923. The molecule has 4 heteroatoms. The van der Waals surface area contributed by atoms with E-state index >= 15 is 0 Å². The lowest BCUT2D eigenvalue weighted by Gasteiger charge is -2.03. The normalized spacial score (nSPS) is 8.73. The molecule has 0 aliphatic rings. The molecule has 0 unspecified atom stereocenters. The van der Waals surface area contributed by atoms with Gasteiger partial charge in [-0.15, -0.1) is 0 Å². The molecule has 0 aromatic carbocycles. The van der Waals surface area contributed by atoms with Gasteiger partial charge in [0.25, 0.3) is 0 Å². The van der Waals surface area contributed by atoms with E-state index in [1.807, 2.05) is 0 Å². The molecule has 0 heterocycles. The van der Waals surface area contributed by atoms with Gasteiger partial charge in [0.15, 0.2) is 0 Å². The maximum atomic E-state index is 9.84. The summed E-state index contributed by atoms with van der Waals surface area (Å²) in [4.78, 5) is 19.6. The van der Waals surface area contributed by atoms with Crippen LogP contribution in [0.25, 0.3) is 0 Å². The summed E-state index contributed by atoms with van der Waals surface area (Å²) in [5.41, 5.74) is 0.846. The van der Waals surface area contributed by atoms with Crippen LogP contribution in [0.2, 0.25) is 0 Å². The number of nitrogens with one attached hydrogen (secondary N) is 2. The molecular weight excluding hydrogens is 144 g/mol. The number of amides is 1. The Morgan fingerprint density at radius 2 is 2.09 bits per heavy atom. The van der Waals surface area contributed by atoms with E-state index in [1.54, 1.807) is 0 Å². The van der Waals surface area contributed by atoms with Crippen LogP contribution in [0.3, 0.4) is 0 Å². The summed E-state index contributed by atoms with van der Waals surface area (Å²) in [6.07, 6.45) is 1.39. The van der Waals surface area contributed by atoms with Crippen LogP contribution >= 0.6 is 0 Å². The minimum atomic E-state index is 0.320. The summed E-state index contributed by atoms with van der Waals surface area (Å²) in [7, 11) is 0. The van der Waals surface area contributed by atoms with Gasteiger partial charge in [0.05, 0.1) is 6.54 Å². The zero-order valence-corrected chi connectivity index (χ0v) is 6.30. The summed E-state index contributed by atoms with van der Waals surface area (Å²) < 4.78 is 0. The Hall–Kier alpha value is -1.16. The number of hydrogen-bond acceptors (Lipinski definition) is 3. The van der Waals surface area contributed by atoms with Crippen molar-refractivity contribution < 1.29 is 9.59 Å². The monoisotopic (exact) mass is 156 g/mol.